The molecule has 0 radical (unpaired) electrons. The van der Waals surface area contributed by atoms with Gasteiger partial charge in [0.1, 0.15) is 6.10 Å². The SMILES string of the molecule is NCC1CN(c2ccccc2Cl)C(=O)O1. The maximum absolute atomic E-state index is 11.5. The van der Waals surface area contributed by atoms with Gasteiger partial charge in [-0.05, 0) is 12.1 Å². The Bertz CT molecular complexity index is 383. The summed E-state index contributed by atoms with van der Waals surface area (Å²) in [6.45, 7) is 0.783. The molecule has 1 fully saturated rings. The summed E-state index contributed by atoms with van der Waals surface area (Å²) in [7, 11) is 0. The van der Waals surface area contributed by atoms with Crippen LogP contribution < -0.4 is 10.6 Å². The molecule has 1 aromatic rings. The van der Waals surface area contributed by atoms with Gasteiger partial charge in [0.05, 0.1) is 17.3 Å². The predicted octanol–water partition coefficient (Wildman–Crippen LogP) is 1.62. The number of anilines is 1. The second-order valence-electron chi connectivity index (χ2n) is 3.30. The van der Waals surface area contributed by atoms with Crippen molar-refractivity contribution in [3.63, 3.8) is 0 Å². The first-order valence-electron chi connectivity index (χ1n) is 4.65. The lowest BCUT2D eigenvalue weighted by molar-refractivity contribution is 0.145. The van der Waals surface area contributed by atoms with Crippen LogP contribution in [0, 0.1) is 0 Å². The number of hydrogen-bond acceptors (Lipinski definition) is 3. The lowest BCUT2D eigenvalue weighted by Gasteiger charge is -2.13. The van der Waals surface area contributed by atoms with Crippen molar-refractivity contribution in [2.24, 2.45) is 5.73 Å². The lowest BCUT2D eigenvalue weighted by atomic mass is 10.3. The number of nitrogens with two attached hydrogens (primary N) is 1. The minimum atomic E-state index is -0.390. The van der Waals surface area contributed by atoms with E-state index in [9.17, 15) is 4.79 Å². The van der Waals surface area contributed by atoms with Gasteiger partial charge in [-0.3, -0.25) is 4.90 Å². The van der Waals surface area contributed by atoms with Crippen LogP contribution in [-0.4, -0.2) is 25.3 Å². The van der Waals surface area contributed by atoms with Gasteiger partial charge in [0.25, 0.3) is 0 Å². The minimum Gasteiger partial charge on any atom is -0.443 e. The van der Waals surface area contributed by atoms with E-state index in [0.717, 1.165) is 0 Å². The van der Waals surface area contributed by atoms with Crippen LogP contribution in [0.1, 0.15) is 0 Å². The maximum atomic E-state index is 11.5. The fourth-order valence-electron chi connectivity index (χ4n) is 1.51. The largest absolute Gasteiger partial charge is 0.443 e. The summed E-state index contributed by atoms with van der Waals surface area (Å²) >= 11 is 5.98. The Balaban J connectivity index is 2.25. The van der Waals surface area contributed by atoms with Gasteiger partial charge in [0, 0.05) is 6.54 Å². The first-order valence-corrected chi connectivity index (χ1v) is 5.03. The summed E-state index contributed by atoms with van der Waals surface area (Å²) in [6, 6.07) is 7.15. The molecule has 1 amide bonds. The van der Waals surface area contributed by atoms with Crippen LogP contribution in [-0.2, 0) is 4.74 Å². The van der Waals surface area contributed by atoms with Gasteiger partial charge < -0.3 is 10.5 Å². The van der Waals surface area contributed by atoms with E-state index in [1.165, 1.54) is 4.90 Å². The first kappa shape index (κ1) is 10.3. The van der Waals surface area contributed by atoms with Gasteiger partial charge in [-0.15, -0.1) is 0 Å². The average Bonchev–Trinajstić information content (AvgIpc) is 2.60. The molecular formula is C10H11ClN2O2. The monoisotopic (exact) mass is 226 g/mol. The molecule has 2 rings (SSSR count). The summed E-state index contributed by atoms with van der Waals surface area (Å²) in [6.07, 6.45) is -0.632. The number of rotatable bonds is 2. The van der Waals surface area contributed by atoms with Gasteiger partial charge >= 0.3 is 6.09 Å². The van der Waals surface area contributed by atoms with E-state index in [4.69, 9.17) is 22.1 Å². The Kier molecular flexibility index (Phi) is 2.79. The second kappa shape index (κ2) is 4.08. The Morgan fingerprint density at radius 1 is 1.53 bits per heavy atom. The van der Waals surface area contributed by atoms with Gasteiger partial charge in [-0.2, -0.15) is 0 Å². The maximum Gasteiger partial charge on any atom is 0.414 e. The molecule has 1 heterocycles. The van der Waals surface area contributed by atoms with E-state index >= 15 is 0 Å². The zero-order chi connectivity index (χ0) is 10.8. The van der Waals surface area contributed by atoms with Crippen LogP contribution in [0.5, 0.6) is 0 Å². The fraction of sp³-hybridized carbons (Fsp3) is 0.300. The molecule has 0 saturated carbocycles. The number of amides is 1. The van der Waals surface area contributed by atoms with Gasteiger partial charge in [-0.25, -0.2) is 4.79 Å². The summed E-state index contributed by atoms with van der Waals surface area (Å²) in [5.74, 6) is 0. The highest BCUT2D eigenvalue weighted by molar-refractivity contribution is 6.33. The number of para-hydroxylation sites is 1. The Morgan fingerprint density at radius 2 is 2.27 bits per heavy atom. The Labute approximate surface area is 92.6 Å². The zero-order valence-corrected chi connectivity index (χ0v) is 8.78. The normalized spacial score (nSPS) is 20.5. The van der Waals surface area contributed by atoms with E-state index in [0.29, 0.717) is 23.8 Å². The molecule has 5 heteroatoms. The average molecular weight is 227 g/mol. The standard InChI is InChI=1S/C10H11ClN2O2/c11-8-3-1-2-4-9(8)13-6-7(5-12)15-10(13)14/h1-4,7H,5-6,12H2. The van der Waals surface area contributed by atoms with Crippen molar-refractivity contribution >= 4 is 23.4 Å². The molecule has 1 atom stereocenters. The third kappa shape index (κ3) is 1.91. The molecule has 4 nitrogen and oxygen atoms in total. The Hall–Kier alpha value is -1.26. The van der Waals surface area contributed by atoms with Crippen molar-refractivity contribution in [2.45, 2.75) is 6.10 Å². The molecule has 1 aromatic carbocycles. The van der Waals surface area contributed by atoms with Crippen LogP contribution >= 0.6 is 11.6 Å². The topological polar surface area (TPSA) is 55.6 Å². The van der Waals surface area contributed by atoms with E-state index in [1.807, 2.05) is 12.1 Å². The highest BCUT2D eigenvalue weighted by Gasteiger charge is 2.32. The van der Waals surface area contributed by atoms with Crippen LogP contribution in [0.4, 0.5) is 10.5 Å². The van der Waals surface area contributed by atoms with Crippen molar-refractivity contribution in [1.82, 2.24) is 0 Å². The predicted molar refractivity (Wildman–Crippen MR) is 58.1 cm³/mol. The number of hydrogen-bond donors (Lipinski definition) is 1. The molecule has 1 aliphatic rings. The molecule has 80 valence electrons. The molecule has 0 bridgehead atoms. The number of ether oxygens (including phenoxy) is 1. The number of nitrogens with zero attached hydrogens (tertiary/aromatic N) is 1. The van der Waals surface area contributed by atoms with Crippen molar-refractivity contribution in [1.29, 1.82) is 0 Å². The summed E-state index contributed by atoms with van der Waals surface area (Å²) < 4.78 is 5.04. The van der Waals surface area contributed by atoms with Crippen molar-refractivity contribution in [2.75, 3.05) is 18.0 Å². The van der Waals surface area contributed by atoms with E-state index in [2.05, 4.69) is 0 Å². The number of benzene rings is 1. The summed E-state index contributed by atoms with van der Waals surface area (Å²) in [4.78, 5) is 13.0. The molecule has 0 aromatic heterocycles. The highest BCUT2D eigenvalue weighted by atomic mass is 35.5. The lowest BCUT2D eigenvalue weighted by Crippen LogP contribution is -2.27. The zero-order valence-electron chi connectivity index (χ0n) is 8.02. The Morgan fingerprint density at radius 3 is 2.87 bits per heavy atom. The molecule has 1 unspecified atom stereocenters. The third-order valence-electron chi connectivity index (χ3n) is 2.28. The molecule has 1 aliphatic heterocycles. The second-order valence-corrected chi connectivity index (χ2v) is 3.71. The van der Waals surface area contributed by atoms with Crippen molar-refractivity contribution < 1.29 is 9.53 Å². The van der Waals surface area contributed by atoms with E-state index < -0.39 is 6.09 Å². The van der Waals surface area contributed by atoms with Gasteiger partial charge in [0.2, 0.25) is 0 Å². The number of carbonyl (C=O) groups excluding carboxylic acids is 1. The molecule has 1 saturated heterocycles. The number of cyclic esters (lactones) is 1. The van der Waals surface area contributed by atoms with Gasteiger partial charge in [0.15, 0.2) is 0 Å². The van der Waals surface area contributed by atoms with Crippen LogP contribution in [0.3, 0.4) is 0 Å². The molecule has 0 aliphatic carbocycles. The summed E-state index contributed by atoms with van der Waals surface area (Å²) in [5.41, 5.74) is 6.10. The van der Waals surface area contributed by atoms with E-state index in [-0.39, 0.29) is 6.10 Å². The third-order valence-corrected chi connectivity index (χ3v) is 2.60. The summed E-state index contributed by atoms with van der Waals surface area (Å²) in [5, 5.41) is 0.534. The van der Waals surface area contributed by atoms with Gasteiger partial charge in [-0.1, -0.05) is 23.7 Å². The van der Waals surface area contributed by atoms with Crippen LogP contribution in [0.15, 0.2) is 24.3 Å². The molecule has 2 N–H and O–H groups in total. The first-order chi connectivity index (χ1) is 7.22. The highest BCUT2D eigenvalue weighted by Crippen LogP contribution is 2.28. The minimum absolute atomic E-state index is 0.242. The van der Waals surface area contributed by atoms with E-state index in [1.54, 1.807) is 12.1 Å². The van der Waals surface area contributed by atoms with Crippen molar-refractivity contribution in [3.8, 4) is 0 Å². The molecule has 15 heavy (non-hydrogen) atoms. The van der Waals surface area contributed by atoms with Crippen molar-refractivity contribution in [3.05, 3.63) is 29.3 Å². The molecule has 0 spiro atoms. The fourth-order valence-corrected chi connectivity index (χ4v) is 1.75. The number of carbonyl (C=O) groups is 1. The van der Waals surface area contributed by atoms with Crippen LogP contribution in [0.25, 0.3) is 0 Å². The quantitative estimate of drug-likeness (QED) is 0.834. The number of halogens is 1. The smallest absolute Gasteiger partial charge is 0.414 e. The van der Waals surface area contributed by atoms with Crippen LogP contribution in [0.2, 0.25) is 5.02 Å². The molecular weight excluding hydrogens is 216 g/mol.